The summed E-state index contributed by atoms with van der Waals surface area (Å²) in [4.78, 5) is 15.3. The number of hydrogen-bond donors (Lipinski definition) is 8. The lowest BCUT2D eigenvalue weighted by Gasteiger charge is -2.23. The molecule has 0 aliphatic carbocycles. The van der Waals surface area contributed by atoms with Gasteiger partial charge >= 0.3 is 28.5 Å². The van der Waals surface area contributed by atoms with Crippen LogP contribution in [-0.4, -0.2) is 52.4 Å². The van der Waals surface area contributed by atoms with E-state index < -0.39 is 28.5 Å². The van der Waals surface area contributed by atoms with Gasteiger partial charge in [-0.25, -0.2) is 0 Å². The third-order valence-corrected chi connectivity index (χ3v) is 1.71. The lowest BCUT2D eigenvalue weighted by Crippen LogP contribution is -2.54. The maximum atomic E-state index is 9.39. The van der Waals surface area contributed by atoms with Gasteiger partial charge in [-0.1, -0.05) is 0 Å². The van der Waals surface area contributed by atoms with Gasteiger partial charge in [0.25, 0.3) is 0 Å². The minimum absolute atomic E-state index is 2.92. The third kappa shape index (κ3) is 11.8. The van der Waals surface area contributed by atoms with E-state index in [1.165, 1.54) is 0 Å². The number of rotatable bonds is 3. The molecule has 0 aliphatic rings. The average molecular weight is 270 g/mol. The first-order valence-electron chi connectivity index (χ1n) is 2.72. The lowest BCUT2D eigenvalue weighted by molar-refractivity contribution is -0.512. The highest BCUT2D eigenvalue weighted by Crippen LogP contribution is 2.30. The predicted octanol–water partition coefficient (Wildman–Crippen LogP) is -3.45. The summed E-state index contributed by atoms with van der Waals surface area (Å²) in [5, 5.41) is 46.3. The van der Waals surface area contributed by atoms with Crippen molar-refractivity contribution in [2.24, 2.45) is 0 Å². The second kappa shape index (κ2) is 6.43. The van der Waals surface area contributed by atoms with Crippen molar-refractivity contribution in [1.82, 2.24) is 0 Å². The Balaban J connectivity index is 0. The lowest BCUT2D eigenvalue weighted by atomic mass is 10.5. The molecule has 11 nitrogen and oxygen atoms in total. The van der Waals surface area contributed by atoms with Gasteiger partial charge in [0, 0.05) is 9.13 Å². The van der Waals surface area contributed by atoms with Gasteiger partial charge in [-0.2, -0.15) is 0 Å². The molecule has 90 valence electrons. The Morgan fingerprint density at radius 2 is 0.933 bits per heavy atom. The fourth-order valence-corrected chi connectivity index (χ4v) is 0.538. The summed E-state index contributed by atoms with van der Waals surface area (Å²) in [6.07, 6.45) is 0. The van der Waals surface area contributed by atoms with E-state index in [1.54, 1.807) is 0 Å². The van der Waals surface area contributed by atoms with E-state index in [0.717, 1.165) is 0 Å². The van der Waals surface area contributed by atoms with E-state index in [1.807, 2.05) is 0 Å². The molecule has 0 aromatic carbocycles. The molecule has 0 fully saturated rings. The largest absolute Gasteiger partial charge is 0.745 e. The van der Waals surface area contributed by atoms with E-state index >= 15 is 0 Å². The average Bonchev–Trinajstić information content (AvgIpc) is 1.78. The van der Waals surface area contributed by atoms with E-state index in [9.17, 15) is 9.13 Å². The van der Waals surface area contributed by atoms with E-state index in [-0.39, 0.29) is 0 Å². The van der Waals surface area contributed by atoms with Crippen molar-refractivity contribution >= 4 is 16.5 Å². The maximum absolute atomic E-state index is 9.39. The van der Waals surface area contributed by atoms with Crippen molar-refractivity contribution < 1.29 is 53.9 Å². The fourth-order valence-electron chi connectivity index (χ4n) is 0.0598. The fraction of sp³-hybridized carbons (Fsp3) is 1.00. The molecule has 0 aliphatic heterocycles. The zero-order valence-electron chi connectivity index (χ0n) is 6.70. The monoisotopic (exact) mass is 270 g/mol. The van der Waals surface area contributed by atoms with Crippen molar-refractivity contribution in [2.45, 2.75) is 11.9 Å². The Labute approximate surface area is 83.3 Å². The van der Waals surface area contributed by atoms with Crippen LogP contribution >= 0.6 is 16.5 Å². The molecule has 0 saturated carbocycles. The Morgan fingerprint density at radius 3 is 0.933 bits per heavy atom. The first kappa shape index (κ1) is 17.2. The topological polar surface area (TPSA) is 205 Å². The van der Waals surface area contributed by atoms with Gasteiger partial charge in [-0.05, 0) is 0 Å². The molecule has 0 spiro atoms. The molecule has 0 saturated heterocycles. The van der Waals surface area contributed by atoms with Gasteiger partial charge in [0.05, 0.1) is 0 Å². The summed E-state index contributed by atoms with van der Waals surface area (Å²) in [6.45, 7) is 0. The highest BCUT2D eigenvalue weighted by molar-refractivity contribution is 7.46. The van der Waals surface area contributed by atoms with Crippen LogP contribution in [-0.2, 0) is 13.4 Å². The normalized spacial score (nSPS) is 13.9. The van der Waals surface area contributed by atoms with Crippen molar-refractivity contribution in [3.63, 3.8) is 0 Å². The SMILES string of the molecule is O=[P+](O)O[P+](=O)O.OC(O)(O)C(O)(O)O. The third-order valence-electron chi connectivity index (χ3n) is 0.590. The van der Waals surface area contributed by atoms with Gasteiger partial charge < -0.3 is 30.6 Å². The van der Waals surface area contributed by atoms with E-state index in [2.05, 4.69) is 4.31 Å². The van der Waals surface area contributed by atoms with Crippen LogP contribution in [0.5, 0.6) is 0 Å². The molecule has 0 aromatic rings. The molecular formula is C2H8O11P2+2. The van der Waals surface area contributed by atoms with Crippen LogP contribution in [0.2, 0.25) is 0 Å². The first-order chi connectivity index (χ1) is 6.38. The van der Waals surface area contributed by atoms with Crippen molar-refractivity contribution in [3.05, 3.63) is 0 Å². The maximum Gasteiger partial charge on any atom is 0.745 e. The van der Waals surface area contributed by atoms with Gasteiger partial charge in [0.2, 0.25) is 0 Å². The molecule has 2 atom stereocenters. The second-order valence-corrected chi connectivity index (χ2v) is 3.43. The summed E-state index contributed by atoms with van der Waals surface area (Å²) in [6, 6.07) is 0. The molecule has 0 heterocycles. The quantitative estimate of drug-likeness (QED) is 0.187. The van der Waals surface area contributed by atoms with E-state index in [0.29, 0.717) is 0 Å². The second-order valence-electron chi connectivity index (χ2n) is 1.83. The molecule has 0 radical (unpaired) electrons. The first-order valence-corrected chi connectivity index (χ1v) is 4.98. The summed E-state index contributed by atoms with van der Waals surface area (Å²) in [7, 11) is -5.85. The molecule has 8 N–H and O–H groups in total. The highest BCUT2D eigenvalue weighted by atomic mass is 31.2. The molecule has 15 heavy (non-hydrogen) atoms. The summed E-state index contributed by atoms with van der Waals surface area (Å²) in [5.74, 6) is -7.79. The van der Waals surface area contributed by atoms with Crippen LogP contribution in [0.1, 0.15) is 0 Å². The molecule has 0 aromatic heterocycles. The Bertz CT molecular complexity index is 198. The van der Waals surface area contributed by atoms with Gasteiger partial charge in [-0.15, -0.1) is 9.79 Å². The van der Waals surface area contributed by atoms with Gasteiger partial charge in [-0.3, -0.25) is 0 Å². The standard InChI is InChI=1S/C2H6O6.O5P2/c3-1(4,5)2(6,7)8;1-6(2)5-7(3)4/h3-8H;/p+2. The van der Waals surface area contributed by atoms with Crippen molar-refractivity contribution in [2.75, 3.05) is 0 Å². The zero-order valence-corrected chi connectivity index (χ0v) is 8.49. The minimum Gasteiger partial charge on any atom is -0.337 e. The highest BCUT2D eigenvalue weighted by Gasteiger charge is 2.44. The van der Waals surface area contributed by atoms with Crippen LogP contribution < -0.4 is 0 Å². The van der Waals surface area contributed by atoms with Gasteiger partial charge in [0.15, 0.2) is 4.31 Å². The summed E-state index contributed by atoms with van der Waals surface area (Å²) in [5.41, 5.74) is 0. The summed E-state index contributed by atoms with van der Waals surface area (Å²) >= 11 is 0. The Morgan fingerprint density at radius 1 is 0.733 bits per heavy atom. The molecule has 2 unspecified atom stereocenters. The van der Waals surface area contributed by atoms with Gasteiger partial charge in [0.1, 0.15) is 0 Å². The summed E-state index contributed by atoms with van der Waals surface area (Å²) < 4.78 is 22.2. The van der Waals surface area contributed by atoms with Crippen LogP contribution in [0.3, 0.4) is 0 Å². The number of hydrogen-bond acceptors (Lipinski definition) is 9. The van der Waals surface area contributed by atoms with Crippen LogP contribution in [0.4, 0.5) is 0 Å². The smallest absolute Gasteiger partial charge is 0.337 e. The molecule has 13 heteroatoms. The number of aliphatic hydroxyl groups is 6. The molecular weight excluding hydrogens is 262 g/mol. The van der Waals surface area contributed by atoms with Crippen LogP contribution in [0.25, 0.3) is 0 Å². The van der Waals surface area contributed by atoms with E-state index in [4.69, 9.17) is 40.4 Å². The Kier molecular flexibility index (Phi) is 7.39. The zero-order chi connectivity index (χ0) is 12.9. The molecule has 0 rings (SSSR count). The molecule has 0 bridgehead atoms. The van der Waals surface area contributed by atoms with Crippen molar-refractivity contribution in [1.29, 1.82) is 0 Å². The van der Waals surface area contributed by atoms with Crippen LogP contribution in [0.15, 0.2) is 0 Å². The minimum atomic E-state index is -3.90. The predicted molar refractivity (Wildman–Crippen MR) is 39.5 cm³/mol. The van der Waals surface area contributed by atoms with Crippen LogP contribution in [0, 0.1) is 0 Å². The Hall–Kier alpha value is -0.160. The van der Waals surface area contributed by atoms with Crippen molar-refractivity contribution in [3.8, 4) is 0 Å². The molecule has 0 amide bonds.